The van der Waals surface area contributed by atoms with E-state index in [1.165, 1.54) is 0 Å². The fourth-order valence-corrected chi connectivity index (χ4v) is 0.299. The molecule has 0 saturated carbocycles. The normalized spacial score (nSPS) is 11.3. The first kappa shape index (κ1) is 6.69. The molecule has 0 bridgehead atoms. The smallest absolute Gasteiger partial charge is 0.0229 e. The molecule has 0 aliphatic rings. The van der Waals surface area contributed by atoms with E-state index in [1.54, 1.807) is 6.08 Å². The van der Waals surface area contributed by atoms with Crippen LogP contribution >= 0.6 is 38.5 Å². The number of rotatable bonds is 1. The molecule has 0 aromatic carbocycles. The Morgan fingerprint density at radius 1 is 1.83 bits per heavy atom. The van der Waals surface area contributed by atoms with Crippen LogP contribution < -0.4 is 0 Å². The molecule has 34 valence electrons. The molecular weight excluding hydrogens is 255 g/mol. The van der Waals surface area contributed by atoms with Gasteiger partial charge in [-0.25, -0.2) is 0 Å². The number of halogens is 2. The maximum Gasteiger partial charge on any atom is 0.0229 e. The molecule has 0 aromatic heterocycles. The second-order valence-corrected chi connectivity index (χ2v) is 2.24. The van der Waals surface area contributed by atoms with Crippen LogP contribution in [0.1, 0.15) is 0 Å². The molecule has 0 heterocycles. The number of allylic oxidation sites excluding steroid dienone is 2. The molecule has 2 heteroatoms. The van der Waals surface area contributed by atoms with Gasteiger partial charge in [0.15, 0.2) is 0 Å². The highest BCUT2D eigenvalue weighted by atomic mass is 127. The quantitative estimate of drug-likeness (QED) is 0.501. The SMILES string of the molecule is C=C/C(Br)=C/I. The molecule has 0 aliphatic carbocycles. The fraction of sp³-hybridized carbons (Fsp3) is 0. The van der Waals surface area contributed by atoms with Gasteiger partial charge in [0.05, 0.1) is 0 Å². The predicted molar refractivity (Wildman–Crippen MR) is 41.2 cm³/mol. The Hall–Kier alpha value is 0.690. The van der Waals surface area contributed by atoms with E-state index in [2.05, 4.69) is 45.1 Å². The van der Waals surface area contributed by atoms with E-state index >= 15 is 0 Å². The minimum absolute atomic E-state index is 1.03. The van der Waals surface area contributed by atoms with Gasteiger partial charge in [0.25, 0.3) is 0 Å². The third kappa shape index (κ3) is 2.90. The van der Waals surface area contributed by atoms with Crippen molar-refractivity contribution in [1.82, 2.24) is 0 Å². The van der Waals surface area contributed by atoms with Gasteiger partial charge in [-0.05, 0) is 4.08 Å². The van der Waals surface area contributed by atoms with E-state index in [0.717, 1.165) is 4.48 Å². The van der Waals surface area contributed by atoms with Gasteiger partial charge in [0.1, 0.15) is 0 Å². The van der Waals surface area contributed by atoms with Crippen molar-refractivity contribution in [3.8, 4) is 0 Å². The van der Waals surface area contributed by atoms with E-state index in [0.29, 0.717) is 0 Å². The van der Waals surface area contributed by atoms with E-state index in [4.69, 9.17) is 0 Å². The molecule has 0 N–H and O–H groups in total. The summed E-state index contributed by atoms with van der Waals surface area (Å²) in [6.07, 6.45) is 1.74. The minimum Gasteiger partial charge on any atom is -0.0979 e. The summed E-state index contributed by atoms with van der Waals surface area (Å²) in [4.78, 5) is 0. The molecule has 0 saturated heterocycles. The van der Waals surface area contributed by atoms with Crippen molar-refractivity contribution in [2.75, 3.05) is 0 Å². The van der Waals surface area contributed by atoms with Crippen molar-refractivity contribution in [1.29, 1.82) is 0 Å². The molecule has 0 aliphatic heterocycles. The van der Waals surface area contributed by atoms with Crippen molar-refractivity contribution in [3.63, 3.8) is 0 Å². The van der Waals surface area contributed by atoms with Gasteiger partial charge in [0.2, 0.25) is 0 Å². The lowest BCUT2D eigenvalue weighted by Gasteiger charge is -1.74. The Bertz CT molecular complexity index is 75.6. The van der Waals surface area contributed by atoms with E-state index in [9.17, 15) is 0 Å². The summed E-state index contributed by atoms with van der Waals surface area (Å²) in [6, 6.07) is 0. The van der Waals surface area contributed by atoms with Crippen LogP contribution in [0.3, 0.4) is 0 Å². The van der Waals surface area contributed by atoms with Crippen LogP contribution in [0.15, 0.2) is 21.2 Å². The van der Waals surface area contributed by atoms with Gasteiger partial charge in [0, 0.05) is 4.48 Å². The van der Waals surface area contributed by atoms with Crippen LogP contribution in [0.25, 0.3) is 0 Å². The summed E-state index contributed by atoms with van der Waals surface area (Å²) in [5.41, 5.74) is 0. The van der Waals surface area contributed by atoms with Gasteiger partial charge in [-0.2, -0.15) is 0 Å². The zero-order chi connectivity index (χ0) is 4.99. The molecule has 6 heavy (non-hydrogen) atoms. The average molecular weight is 259 g/mol. The standard InChI is InChI=1S/C4H4BrI/c1-2-4(5)3-6/h2-3H,1H2/b4-3-. The Morgan fingerprint density at radius 2 is 2.33 bits per heavy atom. The van der Waals surface area contributed by atoms with Crippen LogP contribution in [0.4, 0.5) is 0 Å². The summed E-state index contributed by atoms with van der Waals surface area (Å²) < 4.78 is 2.94. The second-order valence-electron chi connectivity index (χ2n) is 0.698. The highest BCUT2D eigenvalue weighted by Gasteiger charge is 1.71. The van der Waals surface area contributed by atoms with Gasteiger partial charge >= 0.3 is 0 Å². The Kier molecular flexibility index (Phi) is 4.31. The molecule has 0 atom stereocenters. The Morgan fingerprint density at radius 3 is 2.33 bits per heavy atom. The second kappa shape index (κ2) is 3.87. The van der Waals surface area contributed by atoms with Crippen molar-refractivity contribution in [2.45, 2.75) is 0 Å². The van der Waals surface area contributed by atoms with Crippen molar-refractivity contribution in [3.05, 3.63) is 21.2 Å². The van der Waals surface area contributed by atoms with E-state index < -0.39 is 0 Å². The number of hydrogen-bond donors (Lipinski definition) is 0. The lowest BCUT2D eigenvalue weighted by Crippen LogP contribution is -1.46. The van der Waals surface area contributed by atoms with Crippen LogP contribution in [-0.4, -0.2) is 0 Å². The van der Waals surface area contributed by atoms with E-state index in [-0.39, 0.29) is 0 Å². The summed E-state index contributed by atoms with van der Waals surface area (Å²) >= 11 is 5.34. The maximum absolute atomic E-state index is 3.51. The Balaban J connectivity index is 3.50. The van der Waals surface area contributed by atoms with Gasteiger partial charge in [-0.3, -0.25) is 0 Å². The van der Waals surface area contributed by atoms with Crippen LogP contribution in [0, 0.1) is 0 Å². The van der Waals surface area contributed by atoms with Crippen molar-refractivity contribution >= 4 is 38.5 Å². The van der Waals surface area contributed by atoms with Crippen molar-refractivity contribution in [2.24, 2.45) is 0 Å². The summed E-state index contributed by atoms with van der Waals surface area (Å²) in [5, 5.41) is 0. The number of hydrogen-bond acceptors (Lipinski definition) is 0. The first-order valence-corrected chi connectivity index (χ1v) is 3.43. The highest BCUT2D eigenvalue weighted by Crippen LogP contribution is 2.06. The van der Waals surface area contributed by atoms with Gasteiger partial charge in [-0.1, -0.05) is 51.2 Å². The third-order valence-electron chi connectivity index (χ3n) is 0.299. The summed E-state index contributed by atoms with van der Waals surface area (Å²) in [6.45, 7) is 3.51. The summed E-state index contributed by atoms with van der Waals surface area (Å²) in [7, 11) is 0. The molecule has 0 fully saturated rings. The molecule has 0 unspecified atom stereocenters. The highest BCUT2D eigenvalue weighted by molar-refractivity contribution is 14.1. The lowest BCUT2D eigenvalue weighted by molar-refractivity contribution is 2.08. The fourth-order valence-electron chi connectivity index (χ4n) is 0.0445. The average Bonchev–Trinajstić information content (AvgIpc) is 1.65. The van der Waals surface area contributed by atoms with Gasteiger partial charge < -0.3 is 0 Å². The molecule has 0 amide bonds. The molecule has 0 rings (SSSR count). The van der Waals surface area contributed by atoms with Crippen LogP contribution in [0.5, 0.6) is 0 Å². The molecule has 0 aromatic rings. The molecule has 0 radical (unpaired) electrons. The first-order valence-electron chi connectivity index (χ1n) is 1.39. The van der Waals surface area contributed by atoms with E-state index in [1.807, 2.05) is 4.08 Å². The lowest BCUT2D eigenvalue weighted by atomic mass is 10.6. The topological polar surface area (TPSA) is 0 Å². The largest absolute Gasteiger partial charge is 0.0979 e. The van der Waals surface area contributed by atoms with Crippen molar-refractivity contribution < 1.29 is 0 Å². The zero-order valence-corrected chi connectivity index (χ0v) is 6.86. The van der Waals surface area contributed by atoms with Crippen LogP contribution in [-0.2, 0) is 0 Å². The Labute approximate surface area is 59.6 Å². The molecular formula is C4H4BrI. The molecule has 0 nitrogen and oxygen atoms in total. The van der Waals surface area contributed by atoms with Gasteiger partial charge in [-0.15, -0.1) is 0 Å². The summed E-state index contributed by atoms with van der Waals surface area (Å²) in [5.74, 6) is 0. The first-order chi connectivity index (χ1) is 2.81. The zero-order valence-electron chi connectivity index (χ0n) is 3.12. The van der Waals surface area contributed by atoms with Crippen LogP contribution in [0.2, 0.25) is 0 Å². The minimum atomic E-state index is 1.03. The third-order valence-corrected chi connectivity index (χ3v) is 2.38. The maximum atomic E-state index is 3.51. The predicted octanol–water partition coefficient (Wildman–Crippen LogP) is 2.84. The molecule has 0 spiro atoms. The monoisotopic (exact) mass is 258 g/mol.